The Morgan fingerprint density at radius 1 is 1.18 bits per heavy atom. The van der Waals surface area contributed by atoms with Crippen LogP contribution in [0, 0.1) is 21.8 Å². The summed E-state index contributed by atoms with van der Waals surface area (Å²) in [6, 6.07) is 18.4. The van der Waals surface area contributed by atoms with Crippen LogP contribution in [0.5, 0.6) is 11.5 Å². The van der Waals surface area contributed by atoms with Gasteiger partial charge in [-0.1, -0.05) is 59.1 Å². The normalized spacial score (nSPS) is 11.0. The maximum Gasteiger partial charge on any atom is 0.266 e. The monoisotopic (exact) mass is 592 g/mol. The Kier molecular flexibility index (Phi) is 8.61. The first-order valence-corrected chi connectivity index (χ1v) is 11.6. The van der Waals surface area contributed by atoms with Crippen molar-refractivity contribution < 1.29 is 14.3 Å². The van der Waals surface area contributed by atoms with Crippen LogP contribution in [0.15, 0.2) is 60.2 Å². The second-order valence-electron chi connectivity index (χ2n) is 7.03. The van der Waals surface area contributed by atoms with Gasteiger partial charge in [-0.25, -0.2) is 0 Å². The van der Waals surface area contributed by atoms with E-state index in [1.54, 1.807) is 24.3 Å². The molecule has 0 radical (unpaired) electrons. The van der Waals surface area contributed by atoms with Gasteiger partial charge in [-0.05, 0) is 71.0 Å². The van der Waals surface area contributed by atoms with Crippen LogP contribution in [0.3, 0.4) is 0 Å². The zero-order valence-corrected chi connectivity index (χ0v) is 21.5. The molecule has 3 aromatic carbocycles. The molecule has 8 heteroatoms. The third-order valence-electron chi connectivity index (χ3n) is 4.63. The summed E-state index contributed by atoms with van der Waals surface area (Å²) in [5.74, 6) is 0.482. The third kappa shape index (κ3) is 6.41. The fraction of sp³-hybridized carbons (Fsp3) is 0.120. The van der Waals surface area contributed by atoms with Crippen LogP contribution in [0.4, 0.5) is 5.69 Å². The van der Waals surface area contributed by atoms with Crippen molar-refractivity contribution in [3.63, 3.8) is 0 Å². The van der Waals surface area contributed by atoms with Gasteiger partial charge in [-0.3, -0.25) is 4.79 Å². The quantitative estimate of drug-likeness (QED) is 0.181. The Hall–Kier alpha value is -2.73. The average molecular weight is 593 g/mol. The largest absolute Gasteiger partial charge is 0.493 e. The van der Waals surface area contributed by atoms with Crippen LogP contribution in [0.1, 0.15) is 16.7 Å². The van der Waals surface area contributed by atoms with E-state index in [1.807, 2.05) is 43.3 Å². The molecular formula is C25H19Cl2IN2O3. The zero-order valence-electron chi connectivity index (χ0n) is 17.8. The lowest BCUT2D eigenvalue weighted by molar-refractivity contribution is -0.112. The minimum absolute atomic E-state index is 0.0998. The molecular weight excluding hydrogens is 574 g/mol. The number of amides is 1. The number of carbonyl (C=O) groups is 1. The molecule has 0 aromatic heterocycles. The maximum absolute atomic E-state index is 12.6. The van der Waals surface area contributed by atoms with Crippen LogP contribution in [-0.2, 0) is 11.4 Å². The van der Waals surface area contributed by atoms with E-state index in [1.165, 1.54) is 18.7 Å². The van der Waals surface area contributed by atoms with Crippen LogP contribution in [0.25, 0.3) is 6.08 Å². The van der Waals surface area contributed by atoms with Crippen molar-refractivity contribution in [1.82, 2.24) is 0 Å². The number of carbonyl (C=O) groups excluding carboxylic acids is 1. The summed E-state index contributed by atoms with van der Waals surface area (Å²) in [5.41, 5.74) is 3.05. The van der Waals surface area contributed by atoms with Gasteiger partial charge < -0.3 is 14.8 Å². The van der Waals surface area contributed by atoms with Crippen molar-refractivity contribution in [2.24, 2.45) is 0 Å². The van der Waals surface area contributed by atoms with E-state index < -0.39 is 5.91 Å². The summed E-state index contributed by atoms with van der Waals surface area (Å²) < 4.78 is 12.3. The van der Waals surface area contributed by atoms with Gasteiger partial charge in [0.25, 0.3) is 5.91 Å². The van der Waals surface area contributed by atoms with Crippen molar-refractivity contribution in [3.05, 3.63) is 90.5 Å². The van der Waals surface area contributed by atoms with E-state index in [-0.39, 0.29) is 10.6 Å². The third-order valence-corrected chi connectivity index (χ3v) is 6.25. The predicted octanol–water partition coefficient (Wildman–Crippen LogP) is 7.04. The van der Waals surface area contributed by atoms with Crippen LogP contribution >= 0.6 is 45.8 Å². The molecule has 1 N–H and O–H groups in total. The van der Waals surface area contributed by atoms with Crippen molar-refractivity contribution in [2.75, 3.05) is 12.4 Å². The van der Waals surface area contributed by atoms with Gasteiger partial charge in [0.2, 0.25) is 0 Å². The number of hydrogen-bond acceptors (Lipinski definition) is 4. The average Bonchev–Trinajstić information content (AvgIpc) is 2.80. The van der Waals surface area contributed by atoms with E-state index in [0.717, 1.165) is 9.13 Å². The lowest BCUT2D eigenvalue weighted by Gasteiger charge is -2.14. The van der Waals surface area contributed by atoms with Crippen molar-refractivity contribution in [1.29, 1.82) is 5.26 Å². The molecule has 168 valence electrons. The molecule has 0 fully saturated rings. The first-order chi connectivity index (χ1) is 15.8. The lowest BCUT2D eigenvalue weighted by Crippen LogP contribution is -2.13. The van der Waals surface area contributed by atoms with Crippen molar-refractivity contribution >= 4 is 63.5 Å². The van der Waals surface area contributed by atoms with Crippen LogP contribution in [-0.4, -0.2) is 13.0 Å². The number of rotatable bonds is 7. The summed E-state index contributed by atoms with van der Waals surface area (Å²) in [6.07, 6.45) is 1.47. The van der Waals surface area contributed by atoms with E-state index >= 15 is 0 Å². The van der Waals surface area contributed by atoms with E-state index in [4.69, 9.17) is 32.7 Å². The molecule has 0 bridgehead atoms. The van der Waals surface area contributed by atoms with Gasteiger partial charge >= 0.3 is 0 Å². The fourth-order valence-electron chi connectivity index (χ4n) is 2.91. The minimum atomic E-state index is -0.602. The molecule has 0 spiro atoms. The Morgan fingerprint density at radius 2 is 1.91 bits per heavy atom. The first-order valence-electron chi connectivity index (χ1n) is 9.75. The maximum atomic E-state index is 12.6. The zero-order chi connectivity index (χ0) is 24.0. The number of methoxy groups -OCH3 is 1. The molecule has 0 aliphatic rings. The summed E-state index contributed by atoms with van der Waals surface area (Å²) in [6.45, 7) is 2.41. The molecule has 3 rings (SSSR count). The van der Waals surface area contributed by atoms with E-state index in [0.29, 0.717) is 34.4 Å². The summed E-state index contributed by atoms with van der Waals surface area (Å²) >= 11 is 14.2. The first kappa shape index (κ1) is 24.9. The van der Waals surface area contributed by atoms with Crippen molar-refractivity contribution in [2.45, 2.75) is 13.5 Å². The number of nitrogens with zero attached hydrogens (tertiary/aromatic N) is 1. The number of nitrogens with one attached hydrogen (secondary N) is 1. The SMILES string of the molecule is COc1cc(/C=C(/C#N)C(=O)Nc2cccc(Cl)c2Cl)cc(I)c1OCc1ccc(C)cc1. The summed E-state index contributed by atoms with van der Waals surface area (Å²) in [7, 11) is 1.54. The van der Waals surface area contributed by atoms with Gasteiger partial charge in [0.15, 0.2) is 11.5 Å². The molecule has 0 heterocycles. The number of aryl methyl sites for hydroxylation is 1. The molecule has 0 aliphatic carbocycles. The summed E-state index contributed by atoms with van der Waals surface area (Å²) in [4.78, 5) is 12.6. The highest BCUT2D eigenvalue weighted by Crippen LogP contribution is 2.35. The number of anilines is 1. The second kappa shape index (κ2) is 11.4. The van der Waals surface area contributed by atoms with E-state index in [9.17, 15) is 10.1 Å². The molecule has 33 heavy (non-hydrogen) atoms. The topological polar surface area (TPSA) is 71.3 Å². The highest BCUT2D eigenvalue weighted by Gasteiger charge is 2.15. The Balaban J connectivity index is 1.83. The summed E-state index contributed by atoms with van der Waals surface area (Å²) in [5, 5.41) is 12.7. The Morgan fingerprint density at radius 3 is 2.58 bits per heavy atom. The van der Waals surface area contributed by atoms with Gasteiger partial charge in [-0.2, -0.15) is 5.26 Å². The number of benzene rings is 3. The molecule has 0 unspecified atom stereocenters. The molecule has 0 atom stereocenters. The Bertz CT molecular complexity index is 1250. The second-order valence-corrected chi connectivity index (χ2v) is 8.98. The Labute approximate surface area is 216 Å². The number of halogens is 3. The fourth-order valence-corrected chi connectivity index (χ4v) is 4.04. The standard InChI is InChI=1S/C25H19Cl2IN2O3/c1-15-6-8-16(9-7-15)14-33-24-20(28)11-17(12-22(24)32-2)10-18(13-29)25(31)30-21-5-3-4-19(26)23(21)27/h3-12H,14H2,1-2H3,(H,30,31)/b18-10-. The van der Waals surface area contributed by atoms with Crippen LogP contribution in [0.2, 0.25) is 10.0 Å². The van der Waals surface area contributed by atoms with Gasteiger partial charge in [-0.15, -0.1) is 0 Å². The highest BCUT2D eigenvalue weighted by atomic mass is 127. The van der Waals surface area contributed by atoms with Crippen LogP contribution < -0.4 is 14.8 Å². The number of hydrogen-bond donors (Lipinski definition) is 1. The molecule has 0 saturated heterocycles. The van der Waals surface area contributed by atoms with Gasteiger partial charge in [0.1, 0.15) is 18.2 Å². The molecule has 0 saturated carbocycles. The minimum Gasteiger partial charge on any atom is -0.493 e. The lowest BCUT2D eigenvalue weighted by atomic mass is 10.1. The molecule has 3 aromatic rings. The smallest absolute Gasteiger partial charge is 0.266 e. The van der Waals surface area contributed by atoms with Crippen molar-refractivity contribution in [3.8, 4) is 17.6 Å². The molecule has 1 amide bonds. The molecule has 0 aliphatic heterocycles. The number of nitriles is 1. The van der Waals surface area contributed by atoms with Gasteiger partial charge in [0.05, 0.1) is 26.4 Å². The highest BCUT2D eigenvalue weighted by molar-refractivity contribution is 14.1. The van der Waals surface area contributed by atoms with E-state index in [2.05, 4.69) is 27.9 Å². The number of ether oxygens (including phenoxy) is 2. The van der Waals surface area contributed by atoms with Gasteiger partial charge in [0, 0.05) is 0 Å². The predicted molar refractivity (Wildman–Crippen MR) is 140 cm³/mol. The molecule has 5 nitrogen and oxygen atoms in total.